The number of benzene rings is 1. The first kappa shape index (κ1) is 15.4. The number of carbonyl (C=O) groups is 1. The van der Waals surface area contributed by atoms with Gasteiger partial charge in [-0.25, -0.2) is 0 Å². The van der Waals surface area contributed by atoms with Gasteiger partial charge >= 0.3 is 0 Å². The van der Waals surface area contributed by atoms with Gasteiger partial charge in [0.15, 0.2) is 0 Å². The van der Waals surface area contributed by atoms with Crippen LogP contribution in [0, 0.1) is 0 Å². The summed E-state index contributed by atoms with van der Waals surface area (Å²) in [7, 11) is 0. The van der Waals surface area contributed by atoms with E-state index in [2.05, 4.69) is 50.4 Å². The van der Waals surface area contributed by atoms with Crippen LogP contribution in [0.25, 0.3) is 0 Å². The molecule has 1 heterocycles. The SMILES string of the molecule is CC(CC(C)(C)c1ccccc1)NC(=O)Cn1cccc1. The van der Waals surface area contributed by atoms with Gasteiger partial charge in [-0.3, -0.25) is 4.79 Å². The van der Waals surface area contributed by atoms with Crippen LogP contribution in [-0.2, 0) is 16.8 Å². The van der Waals surface area contributed by atoms with E-state index in [1.807, 2.05) is 35.2 Å². The van der Waals surface area contributed by atoms with Crippen molar-refractivity contribution in [1.82, 2.24) is 9.88 Å². The van der Waals surface area contributed by atoms with Crippen LogP contribution in [0.5, 0.6) is 0 Å². The van der Waals surface area contributed by atoms with E-state index in [0.29, 0.717) is 6.54 Å². The summed E-state index contributed by atoms with van der Waals surface area (Å²) in [5.74, 6) is 0.0579. The maximum Gasteiger partial charge on any atom is 0.240 e. The van der Waals surface area contributed by atoms with Crippen LogP contribution in [0.3, 0.4) is 0 Å². The molecule has 0 saturated heterocycles. The predicted molar refractivity (Wildman–Crippen MR) is 86.1 cm³/mol. The summed E-state index contributed by atoms with van der Waals surface area (Å²) in [4.78, 5) is 12.0. The average Bonchev–Trinajstić information content (AvgIpc) is 2.91. The van der Waals surface area contributed by atoms with Crippen molar-refractivity contribution in [1.29, 1.82) is 0 Å². The Hall–Kier alpha value is -2.03. The number of carbonyl (C=O) groups excluding carboxylic acids is 1. The Morgan fingerprint density at radius 1 is 1.14 bits per heavy atom. The van der Waals surface area contributed by atoms with E-state index in [4.69, 9.17) is 0 Å². The van der Waals surface area contributed by atoms with Gasteiger partial charge in [-0.1, -0.05) is 44.2 Å². The van der Waals surface area contributed by atoms with Crippen LogP contribution in [0.2, 0.25) is 0 Å². The number of aromatic nitrogens is 1. The van der Waals surface area contributed by atoms with Gasteiger partial charge in [0.05, 0.1) is 0 Å². The molecule has 2 rings (SSSR count). The Kier molecular flexibility index (Phi) is 4.84. The maximum atomic E-state index is 12.0. The molecule has 1 aromatic carbocycles. The number of nitrogens with one attached hydrogen (secondary N) is 1. The van der Waals surface area contributed by atoms with Crippen LogP contribution in [0.15, 0.2) is 54.9 Å². The van der Waals surface area contributed by atoms with Crippen LogP contribution in [-0.4, -0.2) is 16.5 Å². The molecule has 0 saturated carbocycles. The minimum absolute atomic E-state index is 0.0431. The van der Waals surface area contributed by atoms with Gasteiger partial charge in [0.25, 0.3) is 0 Å². The zero-order valence-electron chi connectivity index (χ0n) is 13.0. The van der Waals surface area contributed by atoms with Gasteiger partial charge in [-0.05, 0) is 36.5 Å². The Morgan fingerprint density at radius 3 is 2.38 bits per heavy atom. The lowest BCUT2D eigenvalue weighted by Crippen LogP contribution is -2.38. The zero-order valence-corrected chi connectivity index (χ0v) is 13.0. The standard InChI is InChI=1S/C18H24N2O/c1-15(19-17(21)14-20-11-7-8-12-20)13-18(2,3)16-9-5-4-6-10-16/h4-12,15H,13-14H2,1-3H3,(H,19,21). The van der Waals surface area contributed by atoms with E-state index in [1.54, 1.807) is 0 Å². The number of amides is 1. The second-order valence-electron chi connectivity index (χ2n) is 6.28. The van der Waals surface area contributed by atoms with Crippen LogP contribution in [0.4, 0.5) is 0 Å². The van der Waals surface area contributed by atoms with Crippen LogP contribution < -0.4 is 5.32 Å². The maximum absolute atomic E-state index is 12.0. The summed E-state index contributed by atoms with van der Waals surface area (Å²) in [6.45, 7) is 6.88. The number of rotatable bonds is 6. The molecule has 0 radical (unpaired) electrons. The lowest BCUT2D eigenvalue weighted by atomic mass is 9.79. The molecular weight excluding hydrogens is 260 g/mol. The zero-order chi connectivity index (χ0) is 15.3. The molecule has 0 aliphatic rings. The molecule has 0 fully saturated rings. The summed E-state index contributed by atoms with van der Waals surface area (Å²) in [6, 6.07) is 14.4. The smallest absolute Gasteiger partial charge is 0.240 e. The van der Waals surface area contributed by atoms with Gasteiger partial charge in [0.2, 0.25) is 5.91 Å². The number of hydrogen-bond donors (Lipinski definition) is 1. The molecule has 0 spiro atoms. The molecule has 1 unspecified atom stereocenters. The molecule has 21 heavy (non-hydrogen) atoms. The second kappa shape index (κ2) is 6.61. The van der Waals surface area contributed by atoms with E-state index in [-0.39, 0.29) is 17.4 Å². The highest BCUT2D eigenvalue weighted by Gasteiger charge is 2.23. The van der Waals surface area contributed by atoms with E-state index in [0.717, 1.165) is 6.42 Å². The third-order valence-electron chi connectivity index (χ3n) is 3.77. The van der Waals surface area contributed by atoms with Crippen molar-refractivity contribution in [3.05, 3.63) is 60.4 Å². The number of hydrogen-bond acceptors (Lipinski definition) is 1. The summed E-state index contributed by atoms with van der Waals surface area (Å²) >= 11 is 0. The molecule has 1 amide bonds. The van der Waals surface area contributed by atoms with Gasteiger partial charge in [-0.2, -0.15) is 0 Å². The highest BCUT2D eigenvalue weighted by molar-refractivity contribution is 5.76. The Balaban J connectivity index is 1.89. The van der Waals surface area contributed by atoms with Crippen molar-refractivity contribution in [2.75, 3.05) is 0 Å². The monoisotopic (exact) mass is 284 g/mol. The first-order chi connectivity index (χ1) is 9.97. The quantitative estimate of drug-likeness (QED) is 0.867. The first-order valence-electron chi connectivity index (χ1n) is 7.43. The molecule has 0 aliphatic heterocycles. The summed E-state index contributed by atoms with van der Waals surface area (Å²) < 4.78 is 1.88. The third kappa shape index (κ3) is 4.48. The predicted octanol–water partition coefficient (Wildman–Crippen LogP) is 3.36. The third-order valence-corrected chi connectivity index (χ3v) is 3.77. The van der Waals surface area contributed by atoms with Crippen molar-refractivity contribution in [2.24, 2.45) is 0 Å². The Labute approximate surface area is 127 Å². The molecule has 1 atom stereocenters. The summed E-state index contributed by atoms with van der Waals surface area (Å²) in [5.41, 5.74) is 1.35. The molecule has 1 N–H and O–H groups in total. The fourth-order valence-electron chi connectivity index (χ4n) is 2.79. The van der Waals surface area contributed by atoms with Crippen LogP contribution in [0.1, 0.15) is 32.8 Å². The van der Waals surface area contributed by atoms with Gasteiger partial charge < -0.3 is 9.88 Å². The van der Waals surface area contributed by atoms with Crippen molar-refractivity contribution in [2.45, 2.75) is 45.2 Å². The Bertz CT molecular complexity index is 558. The topological polar surface area (TPSA) is 34.0 Å². The normalized spacial score (nSPS) is 12.9. The van der Waals surface area contributed by atoms with Crippen molar-refractivity contribution >= 4 is 5.91 Å². The fraction of sp³-hybridized carbons (Fsp3) is 0.389. The highest BCUT2D eigenvalue weighted by atomic mass is 16.2. The summed E-state index contributed by atoms with van der Waals surface area (Å²) in [5, 5.41) is 3.08. The highest BCUT2D eigenvalue weighted by Crippen LogP contribution is 2.28. The average molecular weight is 284 g/mol. The molecule has 3 nitrogen and oxygen atoms in total. The minimum atomic E-state index is 0.0431. The fourth-order valence-corrected chi connectivity index (χ4v) is 2.79. The number of nitrogens with zero attached hydrogens (tertiary/aromatic N) is 1. The van der Waals surface area contributed by atoms with E-state index in [1.165, 1.54) is 5.56 Å². The van der Waals surface area contributed by atoms with Crippen molar-refractivity contribution in [3.8, 4) is 0 Å². The molecule has 3 heteroatoms. The molecule has 2 aromatic rings. The Morgan fingerprint density at radius 2 is 1.76 bits per heavy atom. The molecular formula is C18H24N2O. The second-order valence-corrected chi connectivity index (χ2v) is 6.28. The lowest BCUT2D eigenvalue weighted by Gasteiger charge is -2.29. The first-order valence-corrected chi connectivity index (χ1v) is 7.43. The minimum Gasteiger partial charge on any atom is -0.352 e. The lowest BCUT2D eigenvalue weighted by molar-refractivity contribution is -0.122. The van der Waals surface area contributed by atoms with Crippen LogP contribution >= 0.6 is 0 Å². The van der Waals surface area contributed by atoms with E-state index in [9.17, 15) is 4.79 Å². The van der Waals surface area contributed by atoms with Gasteiger partial charge in [0, 0.05) is 18.4 Å². The van der Waals surface area contributed by atoms with Gasteiger partial charge in [0.1, 0.15) is 6.54 Å². The van der Waals surface area contributed by atoms with Crippen molar-refractivity contribution in [3.63, 3.8) is 0 Å². The largest absolute Gasteiger partial charge is 0.352 e. The molecule has 0 bridgehead atoms. The van der Waals surface area contributed by atoms with E-state index >= 15 is 0 Å². The van der Waals surface area contributed by atoms with Crippen molar-refractivity contribution < 1.29 is 4.79 Å². The molecule has 112 valence electrons. The van der Waals surface area contributed by atoms with Gasteiger partial charge in [-0.15, -0.1) is 0 Å². The molecule has 1 aromatic heterocycles. The summed E-state index contributed by atoms with van der Waals surface area (Å²) in [6.07, 6.45) is 4.71. The van der Waals surface area contributed by atoms with E-state index < -0.39 is 0 Å². The molecule has 0 aliphatic carbocycles.